The van der Waals surface area contributed by atoms with Crippen LogP contribution in [0, 0.1) is 13.8 Å². The lowest BCUT2D eigenvalue weighted by Crippen LogP contribution is -2.19. The quantitative estimate of drug-likeness (QED) is 0.817. The van der Waals surface area contributed by atoms with Gasteiger partial charge in [0.15, 0.2) is 9.84 Å². The number of pyridine rings is 1. The molecule has 19 heavy (non-hydrogen) atoms. The third-order valence-electron chi connectivity index (χ3n) is 2.70. The summed E-state index contributed by atoms with van der Waals surface area (Å²) in [6.45, 7) is 5.16. The Labute approximate surface area is 112 Å². The van der Waals surface area contributed by atoms with Gasteiger partial charge < -0.3 is 10.4 Å². The average Bonchev–Trinajstić information content (AvgIpc) is 2.27. The van der Waals surface area contributed by atoms with E-state index in [1.807, 2.05) is 0 Å². The topological polar surface area (TPSA) is 96.4 Å². The largest absolute Gasteiger partial charge is 0.478 e. The molecule has 1 heterocycles. The average molecular weight is 286 g/mol. The van der Waals surface area contributed by atoms with E-state index in [9.17, 15) is 13.2 Å². The lowest BCUT2D eigenvalue weighted by atomic mass is 10.1. The van der Waals surface area contributed by atoms with Gasteiger partial charge in [-0.3, -0.25) is 0 Å². The van der Waals surface area contributed by atoms with E-state index in [1.165, 1.54) is 0 Å². The van der Waals surface area contributed by atoms with E-state index >= 15 is 0 Å². The molecule has 0 saturated carbocycles. The SMILES string of the molecule is CCS(=O)(=O)CCNc1nc(C)cc(C)c1C(=O)O. The minimum absolute atomic E-state index is 0.0444. The number of nitrogens with one attached hydrogen (secondary N) is 1. The first kappa shape index (κ1) is 15.4. The smallest absolute Gasteiger partial charge is 0.339 e. The van der Waals surface area contributed by atoms with Crippen molar-refractivity contribution >= 4 is 21.6 Å². The minimum Gasteiger partial charge on any atom is -0.478 e. The predicted octanol–water partition coefficient (Wildman–Crippen LogP) is 1.24. The van der Waals surface area contributed by atoms with Crippen molar-refractivity contribution in [1.29, 1.82) is 0 Å². The normalized spacial score (nSPS) is 11.3. The van der Waals surface area contributed by atoms with Crippen LogP contribution in [0.15, 0.2) is 6.07 Å². The Morgan fingerprint density at radius 2 is 2.05 bits per heavy atom. The van der Waals surface area contributed by atoms with Crippen LogP contribution in [0.25, 0.3) is 0 Å². The third kappa shape index (κ3) is 4.20. The summed E-state index contributed by atoms with van der Waals surface area (Å²) in [7, 11) is -3.08. The van der Waals surface area contributed by atoms with E-state index in [0.717, 1.165) is 0 Å². The van der Waals surface area contributed by atoms with Crippen molar-refractivity contribution in [3.63, 3.8) is 0 Å². The summed E-state index contributed by atoms with van der Waals surface area (Å²) in [5, 5.41) is 11.9. The summed E-state index contributed by atoms with van der Waals surface area (Å²) in [4.78, 5) is 15.3. The van der Waals surface area contributed by atoms with Crippen molar-refractivity contribution in [3.8, 4) is 0 Å². The molecular formula is C12H18N2O4S. The zero-order valence-corrected chi connectivity index (χ0v) is 12.0. The molecule has 0 bridgehead atoms. The molecule has 1 aromatic heterocycles. The van der Waals surface area contributed by atoms with Crippen LogP contribution >= 0.6 is 0 Å². The van der Waals surface area contributed by atoms with Gasteiger partial charge in [-0.2, -0.15) is 0 Å². The van der Waals surface area contributed by atoms with E-state index in [1.54, 1.807) is 26.8 Å². The Kier molecular flexibility index (Phi) is 4.88. The van der Waals surface area contributed by atoms with Gasteiger partial charge in [-0.1, -0.05) is 6.92 Å². The number of hydrogen-bond donors (Lipinski definition) is 2. The number of aromatic carboxylic acids is 1. The molecule has 1 rings (SSSR count). The molecule has 0 atom stereocenters. The summed E-state index contributed by atoms with van der Waals surface area (Å²) in [6, 6.07) is 1.68. The van der Waals surface area contributed by atoms with Crippen LogP contribution in [0.3, 0.4) is 0 Å². The molecule has 2 N–H and O–H groups in total. The molecule has 0 amide bonds. The molecule has 0 spiro atoms. The highest BCUT2D eigenvalue weighted by molar-refractivity contribution is 7.91. The molecule has 0 fully saturated rings. The molecule has 7 heteroatoms. The van der Waals surface area contributed by atoms with E-state index in [-0.39, 0.29) is 29.4 Å². The maximum atomic E-state index is 11.4. The second-order valence-electron chi connectivity index (χ2n) is 4.27. The summed E-state index contributed by atoms with van der Waals surface area (Å²) < 4.78 is 22.7. The van der Waals surface area contributed by atoms with Crippen molar-refractivity contribution in [1.82, 2.24) is 4.98 Å². The highest BCUT2D eigenvalue weighted by atomic mass is 32.2. The van der Waals surface area contributed by atoms with Crippen LogP contribution in [-0.2, 0) is 9.84 Å². The van der Waals surface area contributed by atoms with E-state index in [0.29, 0.717) is 11.3 Å². The number of carbonyl (C=O) groups is 1. The number of sulfone groups is 1. The molecular weight excluding hydrogens is 268 g/mol. The van der Waals surface area contributed by atoms with Crippen LogP contribution in [0.2, 0.25) is 0 Å². The van der Waals surface area contributed by atoms with Crippen molar-refractivity contribution in [2.75, 3.05) is 23.4 Å². The molecule has 0 radical (unpaired) electrons. The maximum Gasteiger partial charge on any atom is 0.339 e. The van der Waals surface area contributed by atoms with E-state index in [2.05, 4.69) is 10.3 Å². The molecule has 1 aromatic rings. The molecule has 0 aliphatic carbocycles. The number of aryl methyl sites for hydroxylation is 2. The summed E-state index contributed by atoms with van der Waals surface area (Å²) in [5.74, 6) is -0.833. The van der Waals surface area contributed by atoms with Gasteiger partial charge in [0.25, 0.3) is 0 Å². The number of carboxylic acid groups (broad SMARTS) is 1. The number of aromatic nitrogens is 1. The van der Waals surface area contributed by atoms with Gasteiger partial charge in [-0.15, -0.1) is 0 Å². The molecule has 0 saturated heterocycles. The zero-order chi connectivity index (χ0) is 14.6. The van der Waals surface area contributed by atoms with Gasteiger partial charge in [0.2, 0.25) is 0 Å². The summed E-state index contributed by atoms with van der Waals surface area (Å²) in [6.07, 6.45) is 0. The second-order valence-corrected chi connectivity index (χ2v) is 6.75. The van der Waals surface area contributed by atoms with E-state index in [4.69, 9.17) is 5.11 Å². The van der Waals surface area contributed by atoms with Crippen molar-refractivity contribution in [2.24, 2.45) is 0 Å². The van der Waals surface area contributed by atoms with Gasteiger partial charge in [-0.25, -0.2) is 18.2 Å². The van der Waals surface area contributed by atoms with Crippen LogP contribution in [0.4, 0.5) is 5.82 Å². The number of rotatable bonds is 6. The van der Waals surface area contributed by atoms with Crippen molar-refractivity contribution in [3.05, 3.63) is 22.9 Å². The van der Waals surface area contributed by atoms with Crippen molar-refractivity contribution < 1.29 is 18.3 Å². The van der Waals surface area contributed by atoms with Crippen LogP contribution in [0.1, 0.15) is 28.5 Å². The van der Waals surface area contributed by atoms with Crippen LogP contribution in [0.5, 0.6) is 0 Å². The number of carboxylic acids is 1. The van der Waals surface area contributed by atoms with E-state index < -0.39 is 15.8 Å². The van der Waals surface area contributed by atoms with Crippen LogP contribution < -0.4 is 5.32 Å². The maximum absolute atomic E-state index is 11.4. The Hall–Kier alpha value is -1.63. The molecule has 0 aliphatic rings. The molecule has 0 aliphatic heterocycles. The second kappa shape index (κ2) is 6.01. The fourth-order valence-electron chi connectivity index (χ4n) is 1.70. The Morgan fingerprint density at radius 3 is 2.58 bits per heavy atom. The minimum atomic E-state index is -3.08. The molecule has 6 nitrogen and oxygen atoms in total. The molecule has 106 valence electrons. The highest BCUT2D eigenvalue weighted by Crippen LogP contribution is 2.18. The molecule has 0 unspecified atom stereocenters. The lowest BCUT2D eigenvalue weighted by Gasteiger charge is -2.11. The first-order valence-corrected chi connectivity index (χ1v) is 7.75. The van der Waals surface area contributed by atoms with Gasteiger partial charge in [0, 0.05) is 18.0 Å². The number of hydrogen-bond acceptors (Lipinski definition) is 5. The van der Waals surface area contributed by atoms with Gasteiger partial charge in [-0.05, 0) is 25.5 Å². The predicted molar refractivity (Wildman–Crippen MR) is 73.5 cm³/mol. The van der Waals surface area contributed by atoms with Gasteiger partial charge in [0.1, 0.15) is 11.4 Å². The first-order chi connectivity index (χ1) is 8.76. The summed E-state index contributed by atoms with van der Waals surface area (Å²) in [5.41, 5.74) is 1.36. The number of anilines is 1. The molecule has 0 aromatic carbocycles. The monoisotopic (exact) mass is 286 g/mol. The Balaban J connectivity index is 2.92. The third-order valence-corrected chi connectivity index (χ3v) is 4.41. The van der Waals surface area contributed by atoms with Gasteiger partial charge >= 0.3 is 5.97 Å². The Morgan fingerprint density at radius 1 is 1.42 bits per heavy atom. The number of nitrogens with zero attached hydrogens (tertiary/aromatic N) is 1. The first-order valence-electron chi connectivity index (χ1n) is 5.92. The van der Waals surface area contributed by atoms with Crippen LogP contribution in [-0.4, -0.2) is 42.5 Å². The lowest BCUT2D eigenvalue weighted by molar-refractivity contribution is 0.0697. The van der Waals surface area contributed by atoms with Gasteiger partial charge in [0.05, 0.1) is 5.75 Å². The fourth-order valence-corrected chi connectivity index (χ4v) is 2.41. The fraction of sp³-hybridized carbons (Fsp3) is 0.500. The summed E-state index contributed by atoms with van der Waals surface area (Å²) >= 11 is 0. The zero-order valence-electron chi connectivity index (χ0n) is 11.2. The standard InChI is InChI=1S/C12H18N2O4S/c1-4-19(17,18)6-5-13-11-10(12(15)16)8(2)7-9(3)14-11/h7H,4-6H2,1-3H3,(H,13,14)(H,15,16). The Bertz CT molecular complexity index is 582. The van der Waals surface area contributed by atoms with Crippen molar-refractivity contribution in [2.45, 2.75) is 20.8 Å². The highest BCUT2D eigenvalue weighted by Gasteiger charge is 2.16.